The lowest BCUT2D eigenvalue weighted by molar-refractivity contribution is -0.118. The standard InChI is InChI=1S/C24H22N2O5S/c1-16-10-11-17(24(29)30)12-21(16)26-23(28)15-32-20-9-5-6-18(13-20)25-22(27)14-31-19-7-3-2-4-8-19/h2-13H,14-15H2,1H3,(H,25,27)(H,26,28)(H,29,30). The van der Waals surface area contributed by atoms with Gasteiger partial charge in [-0.2, -0.15) is 0 Å². The fourth-order valence-corrected chi connectivity index (χ4v) is 3.51. The summed E-state index contributed by atoms with van der Waals surface area (Å²) in [6, 6.07) is 20.8. The molecule has 32 heavy (non-hydrogen) atoms. The first-order valence-corrected chi connectivity index (χ1v) is 10.7. The first-order chi connectivity index (χ1) is 15.4. The van der Waals surface area contributed by atoms with E-state index in [0.717, 1.165) is 10.5 Å². The molecule has 2 amide bonds. The smallest absolute Gasteiger partial charge is 0.335 e. The van der Waals surface area contributed by atoms with Crippen molar-refractivity contribution < 1.29 is 24.2 Å². The number of carboxylic acids is 1. The number of amides is 2. The van der Waals surface area contributed by atoms with E-state index in [1.54, 1.807) is 43.3 Å². The lowest BCUT2D eigenvalue weighted by Crippen LogP contribution is -2.20. The molecule has 0 radical (unpaired) electrons. The number of benzene rings is 3. The molecule has 0 saturated heterocycles. The van der Waals surface area contributed by atoms with Crippen molar-refractivity contribution in [2.75, 3.05) is 23.0 Å². The van der Waals surface area contributed by atoms with E-state index in [0.29, 0.717) is 17.1 Å². The van der Waals surface area contributed by atoms with Crippen molar-refractivity contribution in [3.8, 4) is 5.75 Å². The Morgan fingerprint density at radius 3 is 2.44 bits per heavy atom. The summed E-state index contributed by atoms with van der Waals surface area (Å²) < 4.78 is 5.43. The Morgan fingerprint density at radius 1 is 0.906 bits per heavy atom. The molecular weight excluding hydrogens is 428 g/mol. The number of hydrogen-bond donors (Lipinski definition) is 3. The van der Waals surface area contributed by atoms with Crippen molar-refractivity contribution in [1.29, 1.82) is 0 Å². The number of hydrogen-bond acceptors (Lipinski definition) is 5. The maximum Gasteiger partial charge on any atom is 0.335 e. The SMILES string of the molecule is Cc1ccc(C(=O)O)cc1NC(=O)CSc1cccc(NC(=O)COc2ccccc2)c1. The number of para-hydroxylation sites is 1. The van der Waals surface area contributed by atoms with Gasteiger partial charge in [0.15, 0.2) is 6.61 Å². The zero-order valence-corrected chi connectivity index (χ0v) is 18.1. The topological polar surface area (TPSA) is 105 Å². The predicted octanol–water partition coefficient (Wildman–Crippen LogP) is 4.44. The molecule has 0 aromatic heterocycles. The van der Waals surface area contributed by atoms with Crippen LogP contribution in [0.3, 0.4) is 0 Å². The summed E-state index contributed by atoms with van der Waals surface area (Å²) in [6.07, 6.45) is 0. The highest BCUT2D eigenvalue weighted by atomic mass is 32.2. The minimum absolute atomic E-state index is 0.109. The maximum absolute atomic E-state index is 12.3. The Balaban J connectivity index is 1.51. The number of carbonyl (C=O) groups excluding carboxylic acids is 2. The summed E-state index contributed by atoms with van der Waals surface area (Å²) >= 11 is 1.30. The van der Waals surface area contributed by atoms with Crippen LogP contribution in [0.15, 0.2) is 77.7 Å². The van der Waals surface area contributed by atoms with Gasteiger partial charge in [-0.3, -0.25) is 9.59 Å². The van der Waals surface area contributed by atoms with Gasteiger partial charge in [-0.1, -0.05) is 30.3 Å². The summed E-state index contributed by atoms with van der Waals surface area (Å²) in [5.74, 6) is -0.857. The van der Waals surface area contributed by atoms with Gasteiger partial charge in [0, 0.05) is 16.3 Å². The molecule has 3 N–H and O–H groups in total. The molecule has 0 unspecified atom stereocenters. The van der Waals surface area contributed by atoms with Gasteiger partial charge in [-0.15, -0.1) is 11.8 Å². The highest BCUT2D eigenvalue weighted by Crippen LogP contribution is 2.23. The van der Waals surface area contributed by atoms with Crippen molar-refractivity contribution in [3.05, 3.63) is 83.9 Å². The van der Waals surface area contributed by atoms with E-state index in [4.69, 9.17) is 9.84 Å². The minimum atomic E-state index is -1.05. The van der Waals surface area contributed by atoms with Crippen LogP contribution in [0.25, 0.3) is 0 Å². The molecule has 0 bridgehead atoms. The zero-order chi connectivity index (χ0) is 22.9. The molecule has 0 saturated carbocycles. The largest absolute Gasteiger partial charge is 0.484 e. The van der Waals surface area contributed by atoms with Crippen LogP contribution in [0.4, 0.5) is 11.4 Å². The fourth-order valence-electron chi connectivity index (χ4n) is 2.75. The van der Waals surface area contributed by atoms with Crippen molar-refractivity contribution in [2.45, 2.75) is 11.8 Å². The van der Waals surface area contributed by atoms with Crippen LogP contribution in [-0.4, -0.2) is 35.2 Å². The quantitative estimate of drug-likeness (QED) is 0.416. The van der Waals surface area contributed by atoms with Crippen LogP contribution in [0.2, 0.25) is 0 Å². The molecule has 0 heterocycles. The highest BCUT2D eigenvalue weighted by Gasteiger charge is 2.10. The molecule has 0 atom stereocenters. The molecule has 3 rings (SSSR count). The van der Waals surface area contributed by atoms with E-state index in [1.807, 2.05) is 24.3 Å². The molecule has 0 fully saturated rings. The second-order valence-corrected chi connectivity index (χ2v) is 7.90. The van der Waals surface area contributed by atoms with Crippen LogP contribution >= 0.6 is 11.8 Å². The number of aryl methyl sites for hydroxylation is 1. The van der Waals surface area contributed by atoms with E-state index in [9.17, 15) is 14.4 Å². The lowest BCUT2D eigenvalue weighted by atomic mass is 10.1. The van der Waals surface area contributed by atoms with Crippen molar-refractivity contribution in [2.24, 2.45) is 0 Å². The molecule has 0 aliphatic rings. The van der Waals surface area contributed by atoms with Gasteiger partial charge in [0.1, 0.15) is 5.75 Å². The number of carbonyl (C=O) groups is 3. The third-order valence-corrected chi connectivity index (χ3v) is 5.35. The van der Waals surface area contributed by atoms with Gasteiger partial charge in [-0.25, -0.2) is 4.79 Å². The van der Waals surface area contributed by atoms with Crippen LogP contribution in [0.1, 0.15) is 15.9 Å². The summed E-state index contributed by atoms with van der Waals surface area (Å²) in [5, 5.41) is 14.6. The lowest BCUT2D eigenvalue weighted by Gasteiger charge is -2.10. The molecule has 8 heteroatoms. The van der Waals surface area contributed by atoms with E-state index < -0.39 is 5.97 Å². The average Bonchev–Trinajstić information content (AvgIpc) is 2.78. The van der Waals surface area contributed by atoms with Crippen molar-refractivity contribution in [1.82, 2.24) is 0 Å². The number of anilines is 2. The van der Waals surface area contributed by atoms with Crippen molar-refractivity contribution in [3.63, 3.8) is 0 Å². The van der Waals surface area contributed by atoms with Gasteiger partial charge < -0.3 is 20.5 Å². The van der Waals surface area contributed by atoms with Crippen LogP contribution < -0.4 is 15.4 Å². The zero-order valence-electron chi connectivity index (χ0n) is 17.3. The maximum atomic E-state index is 12.3. The third kappa shape index (κ3) is 6.88. The minimum Gasteiger partial charge on any atom is -0.484 e. The normalized spacial score (nSPS) is 10.3. The molecular formula is C24H22N2O5S. The second kappa shape index (κ2) is 11.0. The van der Waals surface area contributed by atoms with Crippen LogP contribution in [-0.2, 0) is 9.59 Å². The molecule has 0 aliphatic carbocycles. The first kappa shape index (κ1) is 22.9. The molecule has 0 aliphatic heterocycles. The average molecular weight is 451 g/mol. The van der Waals surface area contributed by atoms with Gasteiger partial charge >= 0.3 is 5.97 Å². The second-order valence-electron chi connectivity index (χ2n) is 6.85. The third-order valence-electron chi connectivity index (χ3n) is 4.36. The van der Waals surface area contributed by atoms with Gasteiger partial charge in [-0.05, 0) is 55.0 Å². The van der Waals surface area contributed by atoms with Gasteiger partial charge in [0.2, 0.25) is 5.91 Å². The molecule has 3 aromatic rings. The number of carboxylic acid groups (broad SMARTS) is 1. The number of nitrogens with one attached hydrogen (secondary N) is 2. The highest BCUT2D eigenvalue weighted by molar-refractivity contribution is 8.00. The first-order valence-electron chi connectivity index (χ1n) is 9.75. The number of rotatable bonds is 9. The van der Waals surface area contributed by atoms with E-state index in [1.165, 1.54) is 23.9 Å². The Labute approximate surface area is 189 Å². The van der Waals surface area contributed by atoms with Crippen molar-refractivity contribution >= 4 is 40.9 Å². The Kier molecular flexibility index (Phi) is 7.88. The number of thioether (sulfide) groups is 1. The number of aromatic carboxylic acids is 1. The molecule has 164 valence electrons. The van der Waals surface area contributed by atoms with Gasteiger partial charge in [0.05, 0.1) is 11.3 Å². The summed E-state index contributed by atoms with van der Waals surface area (Å²) in [6.45, 7) is 1.68. The predicted molar refractivity (Wildman–Crippen MR) is 125 cm³/mol. The summed E-state index contributed by atoms with van der Waals surface area (Å²) in [7, 11) is 0. The molecule has 0 spiro atoms. The number of ether oxygens (including phenoxy) is 1. The van der Waals surface area contributed by atoms with E-state index in [2.05, 4.69) is 10.6 Å². The van der Waals surface area contributed by atoms with Crippen LogP contribution in [0, 0.1) is 6.92 Å². The van der Waals surface area contributed by atoms with E-state index in [-0.39, 0.29) is 29.7 Å². The molecule has 7 nitrogen and oxygen atoms in total. The Bertz CT molecular complexity index is 1120. The van der Waals surface area contributed by atoms with E-state index >= 15 is 0 Å². The summed E-state index contributed by atoms with van der Waals surface area (Å²) in [4.78, 5) is 36.4. The van der Waals surface area contributed by atoms with Gasteiger partial charge in [0.25, 0.3) is 5.91 Å². The van der Waals surface area contributed by atoms with Crippen LogP contribution in [0.5, 0.6) is 5.75 Å². The Hall–Kier alpha value is -3.78. The molecule has 3 aromatic carbocycles. The fraction of sp³-hybridized carbons (Fsp3) is 0.125. The summed E-state index contributed by atoms with van der Waals surface area (Å²) in [5.41, 5.74) is 1.95. The monoisotopic (exact) mass is 450 g/mol. The Morgan fingerprint density at radius 2 is 1.69 bits per heavy atom.